The lowest BCUT2D eigenvalue weighted by Gasteiger charge is -2.10. The molecule has 4 aromatic rings. The standard InChI is InChI=1S/C24H22FN5O2/c1-13-4-9-20-18(10-13)19(23(26)31)11-21(27-20)24(32)28-22-14(2)29-30(15(22)3)12-16-5-7-17(25)8-6-16/h4-11H,12H2,1-3H3,(H2,26,31)(H,28,32). The molecule has 32 heavy (non-hydrogen) atoms. The number of aromatic nitrogens is 3. The Morgan fingerprint density at radius 2 is 1.78 bits per heavy atom. The molecule has 0 spiro atoms. The number of anilines is 1. The van der Waals surface area contributed by atoms with Crippen molar-refractivity contribution in [2.45, 2.75) is 27.3 Å². The van der Waals surface area contributed by atoms with Gasteiger partial charge in [-0.2, -0.15) is 5.10 Å². The van der Waals surface area contributed by atoms with Crippen molar-refractivity contribution in [2.75, 3.05) is 5.32 Å². The SMILES string of the molecule is Cc1ccc2nc(C(=O)Nc3c(C)nn(Cc4ccc(F)cc4)c3C)cc(C(N)=O)c2c1. The van der Waals surface area contributed by atoms with Crippen LogP contribution >= 0.6 is 0 Å². The third-order valence-electron chi connectivity index (χ3n) is 5.33. The average molecular weight is 431 g/mol. The summed E-state index contributed by atoms with van der Waals surface area (Å²) in [4.78, 5) is 29.4. The summed E-state index contributed by atoms with van der Waals surface area (Å²) in [5.41, 5.74) is 10.2. The minimum absolute atomic E-state index is 0.0836. The fourth-order valence-corrected chi connectivity index (χ4v) is 3.63. The minimum atomic E-state index is -0.628. The van der Waals surface area contributed by atoms with Crippen LogP contribution < -0.4 is 11.1 Å². The highest BCUT2D eigenvalue weighted by atomic mass is 19.1. The van der Waals surface area contributed by atoms with Crippen LogP contribution in [0.25, 0.3) is 10.9 Å². The number of hydrogen-bond acceptors (Lipinski definition) is 4. The molecule has 0 aliphatic carbocycles. The van der Waals surface area contributed by atoms with Crippen LogP contribution in [0.15, 0.2) is 48.5 Å². The molecule has 0 saturated heterocycles. The quantitative estimate of drug-likeness (QED) is 0.500. The molecule has 0 atom stereocenters. The zero-order valence-corrected chi connectivity index (χ0v) is 17.9. The molecule has 0 radical (unpaired) electrons. The number of nitrogens with one attached hydrogen (secondary N) is 1. The van der Waals surface area contributed by atoms with Gasteiger partial charge in [0.1, 0.15) is 11.5 Å². The molecule has 0 fully saturated rings. The Morgan fingerprint density at radius 3 is 2.47 bits per heavy atom. The molecule has 0 saturated carbocycles. The molecule has 0 bridgehead atoms. The zero-order chi connectivity index (χ0) is 23.0. The molecule has 4 rings (SSSR count). The van der Waals surface area contributed by atoms with Crippen LogP contribution in [0.5, 0.6) is 0 Å². The summed E-state index contributed by atoms with van der Waals surface area (Å²) < 4.78 is 14.9. The van der Waals surface area contributed by atoms with Gasteiger partial charge < -0.3 is 11.1 Å². The number of carbonyl (C=O) groups is 2. The molecule has 2 aromatic carbocycles. The maximum absolute atomic E-state index is 13.2. The van der Waals surface area contributed by atoms with E-state index in [9.17, 15) is 14.0 Å². The molecule has 2 heterocycles. The van der Waals surface area contributed by atoms with Gasteiger partial charge in [0.2, 0.25) is 5.91 Å². The van der Waals surface area contributed by atoms with Crippen LogP contribution in [0.3, 0.4) is 0 Å². The highest BCUT2D eigenvalue weighted by Crippen LogP contribution is 2.23. The van der Waals surface area contributed by atoms with Crippen molar-refractivity contribution < 1.29 is 14.0 Å². The Kier molecular flexibility index (Phi) is 5.44. The van der Waals surface area contributed by atoms with Gasteiger partial charge in [-0.1, -0.05) is 23.8 Å². The van der Waals surface area contributed by atoms with Crippen molar-refractivity contribution in [3.8, 4) is 0 Å². The number of rotatable bonds is 5. The lowest BCUT2D eigenvalue weighted by Crippen LogP contribution is -2.18. The summed E-state index contributed by atoms with van der Waals surface area (Å²) >= 11 is 0. The number of nitrogens with zero attached hydrogens (tertiary/aromatic N) is 3. The molecule has 0 unspecified atom stereocenters. The van der Waals surface area contributed by atoms with Crippen molar-refractivity contribution in [1.82, 2.24) is 14.8 Å². The second kappa shape index (κ2) is 8.22. The fraction of sp³-hybridized carbons (Fsp3) is 0.167. The van der Waals surface area contributed by atoms with E-state index in [0.29, 0.717) is 28.8 Å². The topological polar surface area (TPSA) is 103 Å². The van der Waals surface area contributed by atoms with E-state index in [1.54, 1.807) is 29.8 Å². The van der Waals surface area contributed by atoms with E-state index in [2.05, 4.69) is 15.4 Å². The van der Waals surface area contributed by atoms with Gasteiger partial charge in [-0.25, -0.2) is 9.37 Å². The Balaban J connectivity index is 1.65. The van der Waals surface area contributed by atoms with Crippen molar-refractivity contribution in [3.05, 3.63) is 88.1 Å². The van der Waals surface area contributed by atoms with Crippen LogP contribution in [0.4, 0.5) is 10.1 Å². The molecule has 0 aliphatic rings. The smallest absolute Gasteiger partial charge is 0.274 e. The maximum Gasteiger partial charge on any atom is 0.274 e. The van der Waals surface area contributed by atoms with E-state index >= 15 is 0 Å². The van der Waals surface area contributed by atoms with Crippen LogP contribution in [-0.4, -0.2) is 26.6 Å². The minimum Gasteiger partial charge on any atom is -0.366 e. The first-order valence-electron chi connectivity index (χ1n) is 10.0. The van der Waals surface area contributed by atoms with Gasteiger partial charge >= 0.3 is 0 Å². The monoisotopic (exact) mass is 431 g/mol. The van der Waals surface area contributed by atoms with Gasteiger partial charge in [-0.3, -0.25) is 14.3 Å². The van der Waals surface area contributed by atoms with Crippen molar-refractivity contribution >= 4 is 28.4 Å². The summed E-state index contributed by atoms with van der Waals surface area (Å²) in [6, 6.07) is 13.0. The maximum atomic E-state index is 13.2. The highest BCUT2D eigenvalue weighted by molar-refractivity contribution is 6.10. The molecule has 3 N–H and O–H groups in total. The van der Waals surface area contributed by atoms with E-state index in [0.717, 1.165) is 16.8 Å². The van der Waals surface area contributed by atoms with Crippen LogP contribution in [0, 0.1) is 26.6 Å². The van der Waals surface area contributed by atoms with Crippen LogP contribution in [0.2, 0.25) is 0 Å². The Hall–Kier alpha value is -4.07. The van der Waals surface area contributed by atoms with Crippen molar-refractivity contribution in [1.29, 1.82) is 0 Å². The van der Waals surface area contributed by atoms with E-state index in [1.165, 1.54) is 18.2 Å². The fourth-order valence-electron chi connectivity index (χ4n) is 3.63. The largest absolute Gasteiger partial charge is 0.366 e. The van der Waals surface area contributed by atoms with E-state index < -0.39 is 11.8 Å². The number of amides is 2. The number of primary amides is 1. The second-order valence-corrected chi connectivity index (χ2v) is 7.72. The summed E-state index contributed by atoms with van der Waals surface area (Å²) in [5, 5.41) is 7.95. The highest BCUT2D eigenvalue weighted by Gasteiger charge is 2.19. The van der Waals surface area contributed by atoms with Gasteiger partial charge in [0.15, 0.2) is 0 Å². The number of hydrogen-bond donors (Lipinski definition) is 2. The first kappa shape index (κ1) is 21.2. The lowest BCUT2D eigenvalue weighted by atomic mass is 10.0. The predicted molar refractivity (Wildman–Crippen MR) is 120 cm³/mol. The first-order chi connectivity index (χ1) is 15.2. The van der Waals surface area contributed by atoms with Gasteiger partial charge in [-0.15, -0.1) is 0 Å². The second-order valence-electron chi connectivity index (χ2n) is 7.72. The molecule has 0 aliphatic heterocycles. The number of nitrogens with two attached hydrogens (primary N) is 1. The third kappa shape index (κ3) is 4.07. The van der Waals surface area contributed by atoms with Crippen LogP contribution in [0.1, 0.15) is 43.4 Å². The molecule has 2 amide bonds. The van der Waals surface area contributed by atoms with E-state index in [-0.39, 0.29) is 17.1 Å². The number of pyridine rings is 1. The Morgan fingerprint density at radius 1 is 1.06 bits per heavy atom. The number of halogens is 1. The average Bonchev–Trinajstić information content (AvgIpc) is 3.01. The van der Waals surface area contributed by atoms with Crippen LogP contribution in [-0.2, 0) is 6.54 Å². The summed E-state index contributed by atoms with van der Waals surface area (Å²) in [6.45, 7) is 5.96. The first-order valence-corrected chi connectivity index (χ1v) is 10.0. The number of fused-ring (bicyclic) bond motifs is 1. The van der Waals surface area contributed by atoms with Gasteiger partial charge in [0.25, 0.3) is 5.91 Å². The number of benzene rings is 2. The normalized spacial score (nSPS) is 11.0. The molecular weight excluding hydrogens is 409 g/mol. The van der Waals surface area contributed by atoms with Gasteiger partial charge in [-0.05, 0) is 56.7 Å². The van der Waals surface area contributed by atoms with Crippen molar-refractivity contribution in [3.63, 3.8) is 0 Å². The summed E-state index contributed by atoms with van der Waals surface area (Å²) in [5.74, 6) is -1.40. The van der Waals surface area contributed by atoms with Gasteiger partial charge in [0, 0.05) is 5.39 Å². The number of carbonyl (C=O) groups excluding carboxylic acids is 2. The third-order valence-corrected chi connectivity index (χ3v) is 5.33. The Labute approximate surface area is 184 Å². The molecule has 8 heteroatoms. The summed E-state index contributed by atoms with van der Waals surface area (Å²) in [6.07, 6.45) is 0. The Bertz CT molecular complexity index is 1360. The van der Waals surface area contributed by atoms with E-state index in [4.69, 9.17) is 5.73 Å². The predicted octanol–water partition coefficient (Wildman–Crippen LogP) is 3.90. The zero-order valence-electron chi connectivity index (χ0n) is 17.9. The molecule has 2 aromatic heterocycles. The summed E-state index contributed by atoms with van der Waals surface area (Å²) in [7, 11) is 0. The number of aryl methyl sites for hydroxylation is 2. The molecule has 7 nitrogen and oxygen atoms in total. The van der Waals surface area contributed by atoms with Gasteiger partial charge in [0.05, 0.1) is 34.7 Å². The lowest BCUT2D eigenvalue weighted by molar-refractivity contribution is 0.100. The van der Waals surface area contributed by atoms with E-state index in [1.807, 2.05) is 26.0 Å². The van der Waals surface area contributed by atoms with Crippen molar-refractivity contribution in [2.24, 2.45) is 5.73 Å². The molecule has 162 valence electrons. The molecular formula is C24H22FN5O2.